The van der Waals surface area contributed by atoms with Gasteiger partial charge in [-0.1, -0.05) is 255 Å². The van der Waals surface area contributed by atoms with E-state index < -0.39 is 43.8 Å². The van der Waals surface area contributed by atoms with Crippen molar-refractivity contribution in [2.24, 2.45) is 0 Å². The lowest BCUT2D eigenvalue weighted by Crippen LogP contribution is -2.41. The topological polar surface area (TPSA) is 140 Å². The van der Waals surface area contributed by atoms with Crippen LogP contribution >= 0.6 is 0 Å². The average Bonchev–Trinajstić information content (AvgIpc) is 1.60. The fraction of sp³-hybridized carbons (Fsp3) is 0.185. The van der Waals surface area contributed by atoms with Crippen molar-refractivity contribution in [3.05, 3.63) is 364 Å². The van der Waals surface area contributed by atoms with Crippen molar-refractivity contribution in [2.75, 3.05) is 0 Å². The Kier molecular flexibility index (Phi) is 21.2. The van der Waals surface area contributed by atoms with Crippen molar-refractivity contribution in [2.45, 2.75) is 156 Å². The highest BCUT2D eigenvalue weighted by Crippen LogP contribution is 2.49. The molecule has 17 heteroatoms. The van der Waals surface area contributed by atoms with Crippen LogP contribution in [0, 0.1) is 0 Å². The fourth-order valence-electron chi connectivity index (χ4n) is 22.0. The van der Waals surface area contributed by atoms with Gasteiger partial charge in [0, 0.05) is 59.4 Å². The van der Waals surface area contributed by atoms with E-state index in [9.17, 15) is 0 Å². The number of hydrogen-bond acceptors (Lipinski definition) is 13. The molecule has 0 spiro atoms. The summed E-state index contributed by atoms with van der Waals surface area (Å²) in [5, 5.41) is 27.7. The fourth-order valence-corrected chi connectivity index (χ4v) is 22.0. The van der Waals surface area contributed by atoms with E-state index in [1.165, 1.54) is 75.9 Å². The molecule has 0 N–H and O–H groups in total. The van der Waals surface area contributed by atoms with Gasteiger partial charge in [-0.3, -0.25) is 0 Å². The lowest BCUT2D eigenvalue weighted by atomic mass is 9.74. The van der Waals surface area contributed by atoms with Gasteiger partial charge in [-0.25, -0.2) is 0 Å². The number of fused-ring (bicyclic) bond motifs is 22. The maximum Gasteiger partial charge on any atom is 0.495 e. The predicted octanol–water partition coefficient (Wildman–Crippen LogP) is 32.2. The molecule has 718 valence electrons. The molecule has 0 atom stereocenters. The van der Waals surface area contributed by atoms with Gasteiger partial charge >= 0.3 is 28.5 Å². The van der Waals surface area contributed by atoms with E-state index in [1.807, 2.05) is 42.5 Å². The SMILES string of the molecule is CC1(C)OB(c2cc(-c3c4ccccc4cc4c3oc3ccccc34)cc3ccccc23)OC1(C)C.CC1(C)OB(c2ccc3cccc(-c4ccc5c(c4)oc4cc6ccccc6cc45)c3c2)OC1(C)C.CC1(C)OB(c2cccc3ccc(-c4ccc5cc6oc7ccccc7c6cc5c4)cc23)OC1(C)C.CC1(C)OB(c2cccc3oc4ccc(-c5cccc6oc7cc8ccccc8cc7c56)cc4c23)OC1(C)C. The lowest BCUT2D eigenvalue weighted by molar-refractivity contribution is 0.00578. The molecular formula is C130H108B4O13. The molecule has 4 aliphatic rings. The molecule has 5 aromatic heterocycles. The van der Waals surface area contributed by atoms with Crippen LogP contribution in [0.3, 0.4) is 0 Å². The molecule has 0 unspecified atom stereocenters. The van der Waals surface area contributed by atoms with Gasteiger partial charge in [0.1, 0.15) is 55.8 Å². The van der Waals surface area contributed by atoms with Crippen LogP contribution in [0.4, 0.5) is 0 Å². The van der Waals surface area contributed by atoms with Gasteiger partial charge in [0.15, 0.2) is 0 Å². The van der Waals surface area contributed by atoms with Crippen molar-refractivity contribution in [3.63, 3.8) is 0 Å². The molecule has 25 aromatic rings. The molecule has 0 bridgehead atoms. The van der Waals surface area contributed by atoms with E-state index in [4.69, 9.17) is 59.3 Å². The average molecular weight is 1920 g/mol. The minimum atomic E-state index is -0.474. The molecule has 9 heterocycles. The highest BCUT2D eigenvalue weighted by atomic mass is 16.7. The Morgan fingerprint density at radius 3 is 1.16 bits per heavy atom. The first kappa shape index (κ1) is 92.0. The van der Waals surface area contributed by atoms with Crippen LogP contribution in [0.2, 0.25) is 0 Å². The molecular weight excluding hydrogens is 1810 g/mol. The number of furan rings is 5. The van der Waals surface area contributed by atoms with Crippen molar-refractivity contribution in [3.8, 4) is 44.5 Å². The Morgan fingerprint density at radius 2 is 0.524 bits per heavy atom. The van der Waals surface area contributed by atoms with Crippen molar-refractivity contribution < 1.29 is 59.3 Å². The van der Waals surface area contributed by atoms with Gasteiger partial charge in [0.05, 0.1) is 44.8 Å². The van der Waals surface area contributed by atoms with Crippen LogP contribution < -0.4 is 21.9 Å². The van der Waals surface area contributed by atoms with Crippen LogP contribution in [0.25, 0.3) is 230 Å². The van der Waals surface area contributed by atoms with Gasteiger partial charge in [0.25, 0.3) is 0 Å². The summed E-state index contributed by atoms with van der Waals surface area (Å²) in [6.45, 7) is 33.5. The summed E-state index contributed by atoms with van der Waals surface area (Å²) in [5.74, 6) is 0. The number of hydrogen-bond donors (Lipinski definition) is 0. The first-order valence-corrected chi connectivity index (χ1v) is 51.0. The van der Waals surface area contributed by atoms with Gasteiger partial charge in [0.2, 0.25) is 0 Å². The highest BCUT2D eigenvalue weighted by molar-refractivity contribution is 6.67. The van der Waals surface area contributed by atoms with E-state index in [-0.39, 0.29) is 29.5 Å². The van der Waals surface area contributed by atoms with Crippen LogP contribution in [0.1, 0.15) is 111 Å². The molecule has 147 heavy (non-hydrogen) atoms. The Morgan fingerprint density at radius 1 is 0.163 bits per heavy atom. The van der Waals surface area contributed by atoms with Crippen LogP contribution in [-0.2, 0) is 37.2 Å². The molecule has 0 saturated carbocycles. The Balaban J connectivity index is 0.0000000994. The molecule has 4 fully saturated rings. The molecule has 0 radical (unpaired) electrons. The van der Waals surface area contributed by atoms with Crippen molar-refractivity contribution in [1.29, 1.82) is 0 Å². The van der Waals surface area contributed by atoms with E-state index in [0.29, 0.717) is 0 Å². The van der Waals surface area contributed by atoms with E-state index in [1.54, 1.807) is 0 Å². The largest absolute Gasteiger partial charge is 0.495 e. The minimum Gasteiger partial charge on any atom is -0.456 e. The van der Waals surface area contributed by atoms with E-state index in [0.717, 1.165) is 176 Å². The van der Waals surface area contributed by atoms with Crippen molar-refractivity contribution in [1.82, 2.24) is 0 Å². The lowest BCUT2D eigenvalue weighted by Gasteiger charge is -2.32. The second-order valence-corrected chi connectivity index (χ2v) is 44.2. The molecule has 20 aromatic carbocycles. The van der Waals surface area contributed by atoms with Gasteiger partial charge in [-0.2, -0.15) is 0 Å². The minimum absolute atomic E-state index is 0.372. The Bertz CT molecular complexity index is 9680. The maximum absolute atomic E-state index is 6.53. The zero-order valence-corrected chi connectivity index (χ0v) is 85.3. The third-order valence-corrected chi connectivity index (χ3v) is 33.0. The molecule has 0 aliphatic carbocycles. The zero-order valence-electron chi connectivity index (χ0n) is 85.3. The van der Waals surface area contributed by atoms with E-state index in [2.05, 4.69) is 432 Å². The predicted molar refractivity (Wildman–Crippen MR) is 609 cm³/mol. The summed E-state index contributed by atoms with van der Waals surface area (Å²) in [4.78, 5) is 0. The summed E-state index contributed by atoms with van der Waals surface area (Å²) in [6.07, 6.45) is 0. The number of para-hydroxylation sites is 2. The number of rotatable bonds is 8. The summed E-state index contributed by atoms with van der Waals surface area (Å²) in [6, 6.07) is 128. The molecule has 13 nitrogen and oxygen atoms in total. The summed E-state index contributed by atoms with van der Waals surface area (Å²) in [7, 11) is -1.72. The van der Waals surface area contributed by atoms with Gasteiger partial charge in [-0.15, -0.1) is 0 Å². The quantitative estimate of drug-likeness (QED) is 0.133. The van der Waals surface area contributed by atoms with Gasteiger partial charge < -0.3 is 59.3 Å². The maximum atomic E-state index is 6.53. The Hall–Kier alpha value is -14.8. The number of benzene rings is 20. The summed E-state index contributed by atoms with van der Waals surface area (Å²) < 4.78 is 83.0. The molecule has 4 saturated heterocycles. The molecule has 4 aliphatic heterocycles. The third-order valence-electron chi connectivity index (χ3n) is 33.0. The second kappa shape index (κ2) is 33.9. The standard InChI is InChI=1S/C34H27BO4.3C32H27BO3/c1-33(2)34(3,4)39-35(38-33)26-12-8-14-29-32(26)24-18-22(15-16-27(24)36-29)23-11-7-13-28-31(23)25-17-20-9-5-6-10-21(20)19-30(25)37-28;1-31(2)32(3,4)36-33(35-31)27-19-22(17-20-11-5-7-13-23(20)27)29-24-14-8-6-12-21(24)18-26-25-15-9-10-16-28(25)34-30(26)29;1-31(2)32(3,4)36-33(35-31)28-10-7-8-20-12-13-22(17-26(20)28)21-14-15-23-19-30-27(18-24(23)16-21)25-9-5-6-11-29(25)34-30;1-31(2)32(3,4)36-33(35-31)24-14-12-20-10-7-11-25(27(20)19-24)23-13-15-26-28-16-21-8-5-6-9-22(21)17-30(28)34-29(26)18-23/h5-19H,1-4H3;3*5-19H,1-4H3. The normalized spacial score (nSPS) is 17.0. The van der Waals surface area contributed by atoms with Crippen LogP contribution in [0.5, 0.6) is 0 Å². The first-order valence-electron chi connectivity index (χ1n) is 51.0. The van der Waals surface area contributed by atoms with Crippen molar-refractivity contribution >= 4 is 235 Å². The zero-order chi connectivity index (χ0) is 100. The van der Waals surface area contributed by atoms with Gasteiger partial charge in [-0.05, 0) is 356 Å². The second-order valence-electron chi connectivity index (χ2n) is 44.2. The molecule has 29 rings (SSSR count). The molecule has 0 amide bonds. The smallest absolute Gasteiger partial charge is 0.456 e. The highest BCUT2D eigenvalue weighted by Gasteiger charge is 2.56. The monoisotopic (exact) mass is 1920 g/mol. The van der Waals surface area contributed by atoms with E-state index >= 15 is 0 Å². The Labute approximate surface area is 853 Å². The first-order chi connectivity index (χ1) is 70.7. The summed E-state index contributed by atoms with van der Waals surface area (Å²) >= 11 is 0. The third kappa shape index (κ3) is 15.5. The summed E-state index contributed by atoms with van der Waals surface area (Å²) in [5.41, 5.74) is 19.0. The van der Waals surface area contributed by atoms with Crippen LogP contribution in [-0.4, -0.2) is 73.3 Å². The van der Waals surface area contributed by atoms with Crippen LogP contribution in [0.15, 0.2) is 386 Å².